The molecule has 1 rings (SSSR count). The summed E-state index contributed by atoms with van der Waals surface area (Å²) < 4.78 is 5.41. The van der Waals surface area contributed by atoms with E-state index in [2.05, 4.69) is 5.32 Å². The molecular formula is C16H26N2O2. The van der Waals surface area contributed by atoms with Crippen LogP contribution in [0.2, 0.25) is 0 Å². The van der Waals surface area contributed by atoms with Crippen molar-refractivity contribution in [2.75, 3.05) is 13.2 Å². The molecule has 3 N–H and O–H groups in total. The Kier molecular flexibility index (Phi) is 7.92. The zero-order chi connectivity index (χ0) is 14.8. The van der Waals surface area contributed by atoms with E-state index in [1.54, 1.807) is 0 Å². The van der Waals surface area contributed by atoms with Gasteiger partial charge in [0.25, 0.3) is 0 Å². The van der Waals surface area contributed by atoms with E-state index in [-0.39, 0.29) is 18.1 Å². The van der Waals surface area contributed by atoms with Gasteiger partial charge in [0.15, 0.2) is 0 Å². The number of hydrogen-bond acceptors (Lipinski definition) is 3. The molecule has 0 spiro atoms. The second-order valence-electron chi connectivity index (χ2n) is 5.18. The van der Waals surface area contributed by atoms with Crippen LogP contribution in [-0.4, -0.2) is 25.2 Å². The van der Waals surface area contributed by atoms with Crippen molar-refractivity contribution in [3.8, 4) is 0 Å². The second kappa shape index (κ2) is 9.50. The van der Waals surface area contributed by atoms with Gasteiger partial charge in [-0.25, -0.2) is 0 Å². The Morgan fingerprint density at radius 2 is 2.00 bits per heavy atom. The molecule has 1 amide bonds. The van der Waals surface area contributed by atoms with Crippen molar-refractivity contribution in [2.24, 2.45) is 5.73 Å². The smallest absolute Gasteiger partial charge is 0.220 e. The molecule has 0 aliphatic rings. The predicted molar refractivity (Wildman–Crippen MR) is 81.3 cm³/mol. The van der Waals surface area contributed by atoms with Gasteiger partial charge in [0.1, 0.15) is 0 Å². The maximum atomic E-state index is 11.7. The average Bonchev–Trinajstić information content (AvgIpc) is 2.45. The number of hydrogen-bond donors (Lipinski definition) is 2. The molecule has 0 aliphatic heterocycles. The first-order chi connectivity index (χ1) is 9.59. The van der Waals surface area contributed by atoms with Crippen LogP contribution < -0.4 is 11.1 Å². The Hall–Kier alpha value is -1.39. The molecule has 0 radical (unpaired) electrons. The van der Waals surface area contributed by atoms with Crippen molar-refractivity contribution in [3.63, 3.8) is 0 Å². The lowest BCUT2D eigenvalue weighted by Gasteiger charge is -2.12. The Balaban J connectivity index is 2.11. The van der Waals surface area contributed by atoms with Gasteiger partial charge in [0.2, 0.25) is 5.91 Å². The molecule has 112 valence electrons. The van der Waals surface area contributed by atoms with Crippen LogP contribution in [0.3, 0.4) is 0 Å². The van der Waals surface area contributed by atoms with Crippen molar-refractivity contribution in [3.05, 3.63) is 35.9 Å². The van der Waals surface area contributed by atoms with Crippen LogP contribution in [0.1, 0.15) is 44.7 Å². The molecule has 4 heteroatoms. The van der Waals surface area contributed by atoms with Gasteiger partial charge in [-0.15, -0.1) is 0 Å². The Morgan fingerprint density at radius 1 is 1.30 bits per heavy atom. The van der Waals surface area contributed by atoms with E-state index < -0.39 is 0 Å². The summed E-state index contributed by atoms with van der Waals surface area (Å²) in [5, 5.41) is 2.89. The number of nitrogens with two attached hydrogens (primary N) is 1. The van der Waals surface area contributed by atoms with Gasteiger partial charge in [-0.05, 0) is 32.3 Å². The summed E-state index contributed by atoms with van der Waals surface area (Å²) in [4.78, 5) is 11.7. The van der Waals surface area contributed by atoms with Crippen LogP contribution >= 0.6 is 0 Å². The SMILES string of the molecule is CC(C)OCCCNC(=O)CCC(N)c1ccccc1. The van der Waals surface area contributed by atoms with Gasteiger partial charge in [0, 0.05) is 25.6 Å². The van der Waals surface area contributed by atoms with Crippen LogP contribution in [0.25, 0.3) is 0 Å². The average molecular weight is 278 g/mol. The number of rotatable bonds is 9. The van der Waals surface area contributed by atoms with Crippen molar-refractivity contribution in [2.45, 2.75) is 45.3 Å². The number of ether oxygens (including phenoxy) is 1. The van der Waals surface area contributed by atoms with Gasteiger partial charge in [-0.2, -0.15) is 0 Å². The minimum Gasteiger partial charge on any atom is -0.379 e. The predicted octanol–water partition coefficient (Wildman–Crippen LogP) is 2.40. The summed E-state index contributed by atoms with van der Waals surface area (Å²) in [6.45, 7) is 5.35. The molecule has 0 aromatic heterocycles. The van der Waals surface area contributed by atoms with E-state index in [0.717, 1.165) is 12.0 Å². The molecular weight excluding hydrogens is 252 g/mol. The molecule has 0 bridgehead atoms. The van der Waals surface area contributed by atoms with Crippen LogP contribution in [0.15, 0.2) is 30.3 Å². The summed E-state index contributed by atoms with van der Waals surface area (Å²) >= 11 is 0. The maximum Gasteiger partial charge on any atom is 0.220 e. The van der Waals surface area contributed by atoms with Crippen molar-refractivity contribution >= 4 is 5.91 Å². The first-order valence-electron chi connectivity index (χ1n) is 7.28. The molecule has 1 unspecified atom stereocenters. The molecule has 0 saturated heterocycles. The minimum absolute atomic E-state index is 0.0564. The number of carbonyl (C=O) groups is 1. The van der Waals surface area contributed by atoms with Crippen molar-refractivity contribution < 1.29 is 9.53 Å². The van der Waals surface area contributed by atoms with Crippen LogP contribution in [0, 0.1) is 0 Å². The highest BCUT2D eigenvalue weighted by Gasteiger charge is 2.08. The fraction of sp³-hybridized carbons (Fsp3) is 0.562. The summed E-state index contributed by atoms with van der Waals surface area (Å²) in [6, 6.07) is 9.79. The molecule has 0 fully saturated rings. The Bertz CT molecular complexity index is 379. The molecule has 20 heavy (non-hydrogen) atoms. The third kappa shape index (κ3) is 7.26. The summed E-state index contributed by atoms with van der Waals surface area (Å²) in [5.74, 6) is 0.0564. The zero-order valence-corrected chi connectivity index (χ0v) is 12.5. The maximum absolute atomic E-state index is 11.7. The molecule has 0 aliphatic carbocycles. The fourth-order valence-electron chi connectivity index (χ4n) is 1.86. The third-order valence-corrected chi connectivity index (χ3v) is 3.00. The van der Waals surface area contributed by atoms with E-state index in [1.807, 2.05) is 44.2 Å². The van der Waals surface area contributed by atoms with E-state index in [1.165, 1.54) is 0 Å². The molecule has 0 heterocycles. The molecule has 1 aromatic rings. The standard InChI is InChI=1S/C16H26N2O2/c1-13(2)20-12-6-11-18-16(19)10-9-15(17)14-7-4-3-5-8-14/h3-5,7-8,13,15H,6,9-12,17H2,1-2H3,(H,18,19). The molecule has 1 aromatic carbocycles. The number of amides is 1. The number of nitrogens with one attached hydrogen (secondary N) is 1. The molecule has 0 saturated carbocycles. The van der Waals surface area contributed by atoms with Crippen molar-refractivity contribution in [1.29, 1.82) is 0 Å². The van der Waals surface area contributed by atoms with Crippen LogP contribution in [-0.2, 0) is 9.53 Å². The van der Waals surface area contributed by atoms with Gasteiger partial charge in [0.05, 0.1) is 6.10 Å². The normalized spacial score (nSPS) is 12.4. The van der Waals surface area contributed by atoms with Crippen molar-refractivity contribution in [1.82, 2.24) is 5.32 Å². The molecule has 4 nitrogen and oxygen atoms in total. The first kappa shape index (κ1) is 16.7. The van der Waals surface area contributed by atoms with Gasteiger partial charge < -0.3 is 15.8 Å². The lowest BCUT2D eigenvalue weighted by molar-refractivity contribution is -0.121. The van der Waals surface area contributed by atoms with Crippen LogP contribution in [0.5, 0.6) is 0 Å². The Morgan fingerprint density at radius 3 is 2.65 bits per heavy atom. The fourth-order valence-corrected chi connectivity index (χ4v) is 1.86. The number of benzene rings is 1. The zero-order valence-electron chi connectivity index (χ0n) is 12.5. The Labute approximate surface area is 121 Å². The highest BCUT2D eigenvalue weighted by Crippen LogP contribution is 2.14. The largest absolute Gasteiger partial charge is 0.379 e. The third-order valence-electron chi connectivity index (χ3n) is 3.00. The summed E-state index contributed by atoms with van der Waals surface area (Å²) in [6.07, 6.45) is 2.21. The van der Waals surface area contributed by atoms with Gasteiger partial charge in [-0.1, -0.05) is 30.3 Å². The number of carbonyl (C=O) groups excluding carboxylic acids is 1. The minimum atomic E-state index is -0.0776. The van der Waals surface area contributed by atoms with Gasteiger partial charge in [-0.3, -0.25) is 4.79 Å². The summed E-state index contributed by atoms with van der Waals surface area (Å²) in [5.41, 5.74) is 7.13. The molecule has 1 atom stereocenters. The van der Waals surface area contributed by atoms with E-state index >= 15 is 0 Å². The quantitative estimate of drug-likeness (QED) is 0.682. The van der Waals surface area contributed by atoms with E-state index in [0.29, 0.717) is 26.0 Å². The highest BCUT2D eigenvalue weighted by molar-refractivity contribution is 5.75. The van der Waals surface area contributed by atoms with E-state index in [4.69, 9.17) is 10.5 Å². The first-order valence-corrected chi connectivity index (χ1v) is 7.28. The summed E-state index contributed by atoms with van der Waals surface area (Å²) in [7, 11) is 0. The van der Waals surface area contributed by atoms with E-state index in [9.17, 15) is 4.79 Å². The highest BCUT2D eigenvalue weighted by atomic mass is 16.5. The van der Waals surface area contributed by atoms with Crippen LogP contribution in [0.4, 0.5) is 0 Å². The topological polar surface area (TPSA) is 64.3 Å². The lowest BCUT2D eigenvalue weighted by atomic mass is 10.0. The van der Waals surface area contributed by atoms with Gasteiger partial charge >= 0.3 is 0 Å². The second-order valence-corrected chi connectivity index (χ2v) is 5.18. The monoisotopic (exact) mass is 278 g/mol. The lowest BCUT2D eigenvalue weighted by Crippen LogP contribution is -2.26.